The molecule has 1 N–H and O–H groups in total. The van der Waals surface area contributed by atoms with Gasteiger partial charge in [0.05, 0.1) is 0 Å². The molecular formula is C17H25ClN2O. The minimum atomic E-state index is 0.272. The number of nitrogens with zero attached hydrogens (tertiary/aromatic N) is 1. The zero-order valence-corrected chi connectivity index (χ0v) is 13.7. The van der Waals surface area contributed by atoms with Gasteiger partial charge in [0.25, 0.3) is 0 Å². The smallest absolute Gasteiger partial charge is 0.224 e. The average Bonchev–Trinajstić information content (AvgIpc) is 2.51. The molecule has 2 rings (SSSR count). The third-order valence-corrected chi connectivity index (χ3v) is 4.75. The van der Waals surface area contributed by atoms with E-state index in [9.17, 15) is 4.79 Å². The largest absolute Gasteiger partial charge is 0.384 e. The van der Waals surface area contributed by atoms with Crippen molar-refractivity contribution >= 4 is 23.2 Å². The first kappa shape index (κ1) is 16.2. The van der Waals surface area contributed by atoms with Gasteiger partial charge in [0.2, 0.25) is 5.91 Å². The van der Waals surface area contributed by atoms with Crippen molar-refractivity contribution in [3.05, 3.63) is 28.8 Å². The third kappa shape index (κ3) is 4.13. The molecule has 0 saturated carbocycles. The van der Waals surface area contributed by atoms with Gasteiger partial charge >= 0.3 is 0 Å². The summed E-state index contributed by atoms with van der Waals surface area (Å²) in [5.74, 6) is 0.272. The van der Waals surface area contributed by atoms with Crippen LogP contribution in [-0.2, 0) is 4.79 Å². The van der Waals surface area contributed by atoms with E-state index in [1.54, 1.807) is 0 Å². The fourth-order valence-electron chi connectivity index (χ4n) is 3.00. The molecule has 3 nitrogen and oxygen atoms in total. The predicted octanol–water partition coefficient (Wildman–Crippen LogP) is 4.24. The second kappa shape index (κ2) is 7.69. The molecule has 0 aliphatic carbocycles. The Bertz CT molecular complexity index is 490. The molecule has 4 heteroatoms. The van der Waals surface area contributed by atoms with Crippen molar-refractivity contribution in [2.24, 2.45) is 0 Å². The first-order chi connectivity index (χ1) is 10.1. The van der Waals surface area contributed by atoms with Crippen molar-refractivity contribution in [3.8, 4) is 0 Å². The van der Waals surface area contributed by atoms with Gasteiger partial charge in [-0.25, -0.2) is 0 Å². The Kier molecular flexibility index (Phi) is 5.92. The lowest BCUT2D eigenvalue weighted by atomic mass is 9.99. The van der Waals surface area contributed by atoms with E-state index in [4.69, 9.17) is 11.6 Å². The number of amides is 1. The number of carbonyl (C=O) groups excluding carboxylic acids is 1. The van der Waals surface area contributed by atoms with Crippen LogP contribution in [0.4, 0.5) is 5.69 Å². The van der Waals surface area contributed by atoms with Crippen LogP contribution in [0, 0.1) is 6.92 Å². The van der Waals surface area contributed by atoms with Gasteiger partial charge < -0.3 is 10.2 Å². The summed E-state index contributed by atoms with van der Waals surface area (Å²) in [5, 5.41) is 4.08. The van der Waals surface area contributed by atoms with Crippen LogP contribution in [0.1, 0.15) is 44.6 Å². The summed E-state index contributed by atoms with van der Waals surface area (Å²) in [6.45, 7) is 5.74. The summed E-state index contributed by atoms with van der Waals surface area (Å²) < 4.78 is 0. The van der Waals surface area contributed by atoms with Crippen molar-refractivity contribution in [2.75, 3.05) is 18.4 Å². The number of halogens is 1. The SMILES string of the molecule is CCC1CCCCN1C(=O)CCNc1cccc(Cl)c1C. The maximum Gasteiger partial charge on any atom is 0.224 e. The van der Waals surface area contributed by atoms with Crippen molar-refractivity contribution < 1.29 is 4.79 Å². The van der Waals surface area contributed by atoms with Crippen molar-refractivity contribution in [1.82, 2.24) is 4.90 Å². The molecule has 21 heavy (non-hydrogen) atoms. The van der Waals surface area contributed by atoms with Crippen LogP contribution < -0.4 is 5.32 Å². The van der Waals surface area contributed by atoms with Crippen molar-refractivity contribution in [3.63, 3.8) is 0 Å². The molecule has 1 heterocycles. The van der Waals surface area contributed by atoms with Gasteiger partial charge in [0.15, 0.2) is 0 Å². The molecule has 0 bridgehead atoms. The summed E-state index contributed by atoms with van der Waals surface area (Å²) in [5.41, 5.74) is 2.05. The van der Waals surface area contributed by atoms with E-state index in [-0.39, 0.29) is 5.91 Å². The van der Waals surface area contributed by atoms with Crippen LogP contribution in [0.2, 0.25) is 5.02 Å². The summed E-state index contributed by atoms with van der Waals surface area (Å²) in [7, 11) is 0. The molecular weight excluding hydrogens is 284 g/mol. The number of likely N-dealkylation sites (tertiary alicyclic amines) is 1. The number of rotatable bonds is 5. The second-order valence-corrected chi connectivity index (χ2v) is 6.14. The maximum atomic E-state index is 12.4. The molecule has 0 aromatic heterocycles. The Balaban J connectivity index is 1.85. The predicted molar refractivity (Wildman–Crippen MR) is 88.9 cm³/mol. The normalized spacial score (nSPS) is 18.6. The number of anilines is 1. The van der Waals surface area contributed by atoms with Crippen LogP contribution in [0.15, 0.2) is 18.2 Å². The lowest BCUT2D eigenvalue weighted by Crippen LogP contribution is -2.43. The van der Waals surface area contributed by atoms with E-state index in [2.05, 4.69) is 17.1 Å². The van der Waals surface area contributed by atoms with E-state index in [0.29, 0.717) is 19.0 Å². The molecule has 1 unspecified atom stereocenters. The van der Waals surface area contributed by atoms with E-state index in [0.717, 1.165) is 42.1 Å². The summed E-state index contributed by atoms with van der Waals surface area (Å²) in [6.07, 6.45) is 5.16. The number of nitrogens with one attached hydrogen (secondary N) is 1. The second-order valence-electron chi connectivity index (χ2n) is 5.73. The quantitative estimate of drug-likeness (QED) is 0.882. The Morgan fingerprint density at radius 2 is 2.24 bits per heavy atom. The van der Waals surface area contributed by atoms with E-state index in [1.165, 1.54) is 6.42 Å². The van der Waals surface area contributed by atoms with E-state index < -0.39 is 0 Å². The zero-order chi connectivity index (χ0) is 15.2. The highest BCUT2D eigenvalue weighted by molar-refractivity contribution is 6.31. The van der Waals surface area contributed by atoms with Crippen LogP contribution in [0.3, 0.4) is 0 Å². The van der Waals surface area contributed by atoms with Crippen molar-refractivity contribution in [2.45, 2.75) is 52.0 Å². The molecule has 116 valence electrons. The third-order valence-electron chi connectivity index (χ3n) is 4.34. The molecule has 1 saturated heterocycles. The topological polar surface area (TPSA) is 32.3 Å². The number of hydrogen-bond donors (Lipinski definition) is 1. The number of hydrogen-bond acceptors (Lipinski definition) is 2. The Hall–Kier alpha value is -1.22. The first-order valence-corrected chi connectivity index (χ1v) is 8.29. The van der Waals surface area contributed by atoms with Gasteiger partial charge in [-0.05, 0) is 50.3 Å². The zero-order valence-electron chi connectivity index (χ0n) is 13.0. The van der Waals surface area contributed by atoms with Gasteiger partial charge in [-0.3, -0.25) is 4.79 Å². The van der Waals surface area contributed by atoms with Crippen LogP contribution in [-0.4, -0.2) is 29.9 Å². The van der Waals surface area contributed by atoms with Crippen molar-refractivity contribution in [1.29, 1.82) is 0 Å². The number of benzene rings is 1. The highest BCUT2D eigenvalue weighted by Crippen LogP contribution is 2.23. The Labute approximate surface area is 132 Å². The molecule has 1 aliphatic rings. The number of piperidine rings is 1. The van der Waals surface area contributed by atoms with Crippen LogP contribution in [0.25, 0.3) is 0 Å². The summed E-state index contributed by atoms with van der Waals surface area (Å²) >= 11 is 6.10. The minimum Gasteiger partial charge on any atom is -0.384 e. The summed E-state index contributed by atoms with van der Waals surface area (Å²) in [4.78, 5) is 14.4. The van der Waals surface area contributed by atoms with Crippen LogP contribution >= 0.6 is 11.6 Å². The first-order valence-electron chi connectivity index (χ1n) is 7.92. The van der Waals surface area contributed by atoms with Gasteiger partial charge in [0.1, 0.15) is 0 Å². The fraction of sp³-hybridized carbons (Fsp3) is 0.588. The Morgan fingerprint density at radius 1 is 1.43 bits per heavy atom. The standard InChI is InChI=1S/C17H25ClN2O/c1-3-14-7-4-5-12-20(14)17(21)10-11-19-16-9-6-8-15(18)13(16)2/h6,8-9,14,19H,3-5,7,10-12H2,1-2H3. The fourth-order valence-corrected chi connectivity index (χ4v) is 3.17. The monoisotopic (exact) mass is 308 g/mol. The lowest BCUT2D eigenvalue weighted by Gasteiger charge is -2.35. The molecule has 1 aliphatic heterocycles. The highest BCUT2D eigenvalue weighted by atomic mass is 35.5. The minimum absolute atomic E-state index is 0.272. The van der Waals surface area contributed by atoms with E-state index in [1.807, 2.05) is 25.1 Å². The molecule has 1 aromatic rings. The Morgan fingerprint density at radius 3 is 3.00 bits per heavy atom. The maximum absolute atomic E-state index is 12.4. The molecule has 0 spiro atoms. The van der Waals surface area contributed by atoms with Gasteiger partial charge in [-0.1, -0.05) is 24.6 Å². The lowest BCUT2D eigenvalue weighted by molar-refractivity contribution is -0.134. The van der Waals surface area contributed by atoms with Gasteiger partial charge in [-0.15, -0.1) is 0 Å². The molecule has 1 aromatic carbocycles. The van der Waals surface area contributed by atoms with Gasteiger partial charge in [0, 0.05) is 36.3 Å². The average molecular weight is 309 g/mol. The van der Waals surface area contributed by atoms with E-state index >= 15 is 0 Å². The number of carbonyl (C=O) groups is 1. The molecule has 1 atom stereocenters. The summed E-state index contributed by atoms with van der Waals surface area (Å²) in [6, 6.07) is 6.25. The van der Waals surface area contributed by atoms with Gasteiger partial charge in [-0.2, -0.15) is 0 Å². The molecule has 0 radical (unpaired) electrons. The molecule has 1 amide bonds. The highest BCUT2D eigenvalue weighted by Gasteiger charge is 2.24. The van der Waals surface area contributed by atoms with Crippen LogP contribution in [0.5, 0.6) is 0 Å². The molecule has 1 fully saturated rings.